The molecule has 23 heavy (non-hydrogen) atoms. The van der Waals surface area contributed by atoms with Crippen molar-refractivity contribution >= 4 is 23.2 Å². The zero-order valence-electron chi connectivity index (χ0n) is 12.3. The molecule has 1 aliphatic rings. The van der Waals surface area contributed by atoms with Crippen LogP contribution in [0.2, 0.25) is 0 Å². The van der Waals surface area contributed by atoms with Gasteiger partial charge in [0.1, 0.15) is 5.75 Å². The summed E-state index contributed by atoms with van der Waals surface area (Å²) in [5, 5.41) is 4.04. The summed E-state index contributed by atoms with van der Waals surface area (Å²) in [5.74, 6) is 0.681. The first kappa shape index (κ1) is 14.0. The van der Waals surface area contributed by atoms with E-state index in [2.05, 4.69) is 0 Å². The molecule has 1 aliphatic heterocycles. The summed E-state index contributed by atoms with van der Waals surface area (Å²) in [7, 11) is 0. The number of thiophene rings is 1. The Bertz CT molecular complexity index is 864. The van der Waals surface area contributed by atoms with Crippen LogP contribution < -0.4 is 4.74 Å². The third-order valence-electron chi connectivity index (χ3n) is 3.89. The largest absolute Gasteiger partial charge is 0.480 e. The maximum absolute atomic E-state index is 13.0. The van der Waals surface area contributed by atoms with Gasteiger partial charge in [0.25, 0.3) is 0 Å². The monoisotopic (exact) mass is 318 g/mol. The number of carbonyl (C=O) groups is 1. The van der Waals surface area contributed by atoms with Crippen LogP contribution in [-0.2, 0) is 0 Å². The highest BCUT2D eigenvalue weighted by Crippen LogP contribution is 2.39. The number of ether oxygens (including phenoxy) is 1. The fourth-order valence-electron chi connectivity index (χ4n) is 2.78. The van der Waals surface area contributed by atoms with E-state index in [0.29, 0.717) is 16.9 Å². The predicted octanol–water partition coefficient (Wildman–Crippen LogP) is 5.15. The Labute approximate surface area is 138 Å². The highest BCUT2D eigenvalue weighted by molar-refractivity contribution is 7.08. The number of hydrogen-bond acceptors (Lipinski definition) is 3. The number of ketones is 1. The maximum atomic E-state index is 13.0. The molecule has 2 aromatic carbocycles. The molecule has 2 nitrogen and oxygen atoms in total. The second kappa shape index (κ2) is 5.86. The molecule has 0 saturated carbocycles. The van der Waals surface area contributed by atoms with Gasteiger partial charge in [0, 0.05) is 5.57 Å². The summed E-state index contributed by atoms with van der Waals surface area (Å²) in [6.07, 6.45) is 1.56. The van der Waals surface area contributed by atoms with Gasteiger partial charge < -0.3 is 4.74 Å². The molecule has 0 saturated heterocycles. The molecule has 1 aromatic heterocycles. The van der Waals surface area contributed by atoms with Crippen molar-refractivity contribution in [1.29, 1.82) is 0 Å². The SMILES string of the molecule is O=C1/C(=C\c2ccsc2)[C@H](c2ccccc2)Oc2ccccc21. The van der Waals surface area contributed by atoms with Gasteiger partial charge in [0.2, 0.25) is 0 Å². The van der Waals surface area contributed by atoms with Crippen molar-refractivity contribution in [2.24, 2.45) is 0 Å². The zero-order valence-corrected chi connectivity index (χ0v) is 13.1. The summed E-state index contributed by atoms with van der Waals surface area (Å²) in [6, 6.07) is 19.3. The summed E-state index contributed by atoms with van der Waals surface area (Å²) in [5.41, 5.74) is 3.31. The summed E-state index contributed by atoms with van der Waals surface area (Å²) >= 11 is 1.62. The minimum absolute atomic E-state index is 0.0342. The highest BCUT2D eigenvalue weighted by atomic mass is 32.1. The van der Waals surface area contributed by atoms with Crippen LogP contribution in [0.1, 0.15) is 27.6 Å². The molecule has 0 fully saturated rings. The topological polar surface area (TPSA) is 26.3 Å². The van der Waals surface area contributed by atoms with E-state index in [4.69, 9.17) is 4.74 Å². The van der Waals surface area contributed by atoms with E-state index < -0.39 is 0 Å². The third kappa shape index (κ3) is 2.60. The normalized spacial score (nSPS) is 18.5. The fraction of sp³-hybridized carbons (Fsp3) is 0.0500. The van der Waals surface area contributed by atoms with Crippen LogP contribution in [0.15, 0.2) is 77.0 Å². The maximum Gasteiger partial charge on any atom is 0.196 e. The van der Waals surface area contributed by atoms with E-state index in [0.717, 1.165) is 11.1 Å². The van der Waals surface area contributed by atoms with Gasteiger partial charge in [-0.15, -0.1) is 0 Å². The van der Waals surface area contributed by atoms with Crippen LogP contribution >= 0.6 is 11.3 Å². The number of hydrogen-bond donors (Lipinski definition) is 0. The molecule has 0 aliphatic carbocycles. The Morgan fingerprint density at radius 1 is 0.957 bits per heavy atom. The van der Waals surface area contributed by atoms with Gasteiger partial charge in [-0.3, -0.25) is 4.79 Å². The molecule has 0 N–H and O–H groups in total. The quantitative estimate of drug-likeness (QED) is 0.611. The van der Waals surface area contributed by atoms with Crippen molar-refractivity contribution < 1.29 is 9.53 Å². The minimum atomic E-state index is -0.376. The van der Waals surface area contributed by atoms with Crippen LogP contribution in [-0.4, -0.2) is 5.78 Å². The average molecular weight is 318 g/mol. The van der Waals surface area contributed by atoms with Gasteiger partial charge in [0.15, 0.2) is 11.9 Å². The molecule has 0 amide bonds. The Morgan fingerprint density at radius 2 is 1.74 bits per heavy atom. The molecule has 0 spiro atoms. The van der Waals surface area contributed by atoms with Crippen LogP contribution in [0, 0.1) is 0 Å². The highest BCUT2D eigenvalue weighted by Gasteiger charge is 2.32. The number of fused-ring (bicyclic) bond motifs is 1. The van der Waals surface area contributed by atoms with Crippen molar-refractivity contribution in [3.63, 3.8) is 0 Å². The van der Waals surface area contributed by atoms with E-state index in [1.165, 1.54) is 0 Å². The number of para-hydroxylation sites is 1. The Balaban J connectivity index is 1.87. The molecule has 1 atom stereocenters. The van der Waals surface area contributed by atoms with Crippen molar-refractivity contribution in [3.05, 3.63) is 93.7 Å². The first-order valence-corrected chi connectivity index (χ1v) is 8.36. The molecule has 4 rings (SSSR count). The molecule has 3 heteroatoms. The van der Waals surface area contributed by atoms with Crippen molar-refractivity contribution in [2.75, 3.05) is 0 Å². The molecule has 3 aromatic rings. The van der Waals surface area contributed by atoms with Gasteiger partial charge in [-0.2, -0.15) is 11.3 Å². The number of rotatable bonds is 2. The van der Waals surface area contributed by atoms with Crippen molar-refractivity contribution in [1.82, 2.24) is 0 Å². The predicted molar refractivity (Wildman–Crippen MR) is 92.9 cm³/mol. The number of Topliss-reactive ketones (excluding diaryl/α,β-unsaturated/α-hetero) is 1. The lowest BCUT2D eigenvalue weighted by Crippen LogP contribution is -2.23. The number of benzene rings is 2. The van der Waals surface area contributed by atoms with E-state index in [1.54, 1.807) is 11.3 Å². The van der Waals surface area contributed by atoms with Gasteiger partial charge in [-0.25, -0.2) is 0 Å². The Hall–Kier alpha value is -2.65. The average Bonchev–Trinajstić information content (AvgIpc) is 3.11. The van der Waals surface area contributed by atoms with Crippen LogP contribution in [0.5, 0.6) is 5.75 Å². The molecule has 112 valence electrons. The standard InChI is InChI=1S/C20H14O2S/c21-19-16-8-4-5-9-18(16)22-20(15-6-2-1-3-7-15)17(19)12-14-10-11-23-13-14/h1-13,20H/b17-12+/t20-/m0/s1. The minimum Gasteiger partial charge on any atom is -0.480 e. The van der Waals surface area contributed by atoms with Gasteiger partial charge >= 0.3 is 0 Å². The lowest BCUT2D eigenvalue weighted by Gasteiger charge is -2.28. The van der Waals surface area contributed by atoms with E-state index in [9.17, 15) is 4.79 Å². The fourth-order valence-corrected chi connectivity index (χ4v) is 3.39. The first-order chi connectivity index (χ1) is 11.3. The molecular weight excluding hydrogens is 304 g/mol. The molecule has 0 unspecified atom stereocenters. The second-order valence-electron chi connectivity index (χ2n) is 5.39. The van der Waals surface area contributed by atoms with Crippen LogP contribution in [0.25, 0.3) is 6.08 Å². The van der Waals surface area contributed by atoms with Gasteiger partial charge in [0.05, 0.1) is 5.56 Å². The van der Waals surface area contributed by atoms with Crippen molar-refractivity contribution in [2.45, 2.75) is 6.10 Å². The van der Waals surface area contributed by atoms with E-state index in [-0.39, 0.29) is 11.9 Å². The van der Waals surface area contributed by atoms with Crippen LogP contribution in [0.4, 0.5) is 0 Å². The summed E-state index contributed by atoms with van der Waals surface area (Å²) in [4.78, 5) is 13.0. The summed E-state index contributed by atoms with van der Waals surface area (Å²) < 4.78 is 6.16. The lowest BCUT2D eigenvalue weighted by atomic mass is 9.90. The Morgan fingerprint density at radius 3 is 2.52 bits per heavy atom. The van der Waals surface area contributed by atoms with Gasteiger partial charge in [-0.1, -0.05) is 42.5 Å². The van der Waals surface area contributed by atoms with Crippen LogP contribution in [0.3, 0.4) is 0 Å². The number of carbonyl (C=O) groups excluding carboxylic acids is 1. The first-order valence-electron chi connectivity index (χ1n) is 7.42. The van der Waals surface area contributed by atoms with Crippen molar-refractivity contribution in [3.8, 4) is 5.75 Å². The molecule has 0 radical (unpaired) electrons. The second-order valence-corrected chi connectivity index (χ2v) is 6.17. The molecular formula is C20H14O2S. The van der Waals surface area contributed by atoms with E-state index >= 15 is 0 Å². The third-order valence-corrected chi connectivity index (χ3v) is 4.59. The van der Waals surface area contributed by atoms with E-state index in [1.807, 2.05) is 77.5 Å². The smallest absolute Gasteiger partial charge is 0.196 e. The Kier molecular flexibility index (Phi) is 3.56. The molecule has 0 bridgehead atoms. The lowest BCUT2D eigenvalue weighted by molar-refractivity contribution is 0.0963. The zero-order chi connectivity index (χ0) is 15.6. The van der Waals surface area contributed by atoms with Gasteiger partial charge in [-0.05, 0) is 46.2 Å². The summed E-state index contributed by atoms with van der Waals surface area (Å²) in [6.45, 7) is 0. The molecule has 2 heterocycles.